The number of pyridine rings is 1. The van der Waals surface area contributed by atoms with Crippen LogP contribution < -0.4 is 4.72 Å². The molecule has 0 aliphatic heterocycles. The smallest absolute Gasteiger partial charge is 0.264 e. The lowest BCUT2D eigenvalue weighted by Gasteiger charge is -2.09. The second-order valence-corrected chi connectivity index (χ2v) is 6.00. The highest BCUT2D eigenvalue weighted by molar-refractivity contribution is 7.92. The van der Waals surface area contributed by atoms with E-state index in [-0.39, 0.29) is 16.3 Å². The van der Waals surface area contributed by atoms with E-state index in [2.05, 4.69) is 9.71 Å². The summed E-state index contributed by atoms with van der Waals surface area (Å²) < 4.78 is 26.7. The fourth-order valence-corrected chi connectivity index (χ4v) is 3.04. The predicted octanol–water partition coefficient (Wildman–Crippen LogP) is 2.60. The van der Waals surface area contributed by atoms with Crippen LogP contribution >= 0.6 is 11.6 Å². The SMILES string of the molecule is N#CCc1ccc(NS(=O)(=O)c2cnccc2Cl)cc1. The van der Waals surface area contributed by atoms with Gasteiger partial charge >= 0.3 is 0 Å². The van der Waals surface area contributed by atoms with Crippen LogP contribution in [0.4, 0.5) is 5.69 Å². The molecule has 0 saturated heterocycles. The van der Waals surface area contributed by atoms with Crippen LogP contribution in [0, 0.1) is 11.3 Å². The largest absolute Gasteiger partial charge is 0.280 e. The number of sulfonamides is 1. The van der Waals surface area contributed by atoms with Crippen LogP contribution in [0.1, 0.15) is 5.56 Å². The molecule has 0 fully saturated rings. The van der Waals surface area contributed by atoms with Crippen molar-refractivity contribution in [2.24, 2.45) is 0 Å². The summed E-state index contributed by atoms with van der Waals surface area (Å²) in [5.41, 5.74) is 1.21. The van der Waals surface area contributed by atoms with E-state index in [1.807, 2.05) is 6.07 Å². The molecule has 1 aromatic carbocycles. The van der Waals surface area contributed by atoms with Crippen molar-refractivity contribution in [1.29, 1.82) is 5.26 Å². The van der Waals surface area contributed by atoms with Gasteiger partial charge in [0.1, 0.15) is 4.90 Å². The van der Waals surface area contributed by atoms with E-state index >= 15 is 0 Å². The predicted molar refractivity (Wildman–Crippen MR) is 75.8 cm³/mol. The standard InChI is InChI=1S/C13H10ClN3O2S/c14-12-6-8-16-9-13(12)20(18,19)17-11-3-1-10(2-4-11)5-7-15/h1-4,6,8-9,17H,5H2. The average Bonchev–Trinajstić information content (AvgIpc) is 2.41. The maximum atomic E-state index is 12.1. The summed E-state index contributed by atoms with van der Waals surface area (Å²) in [5.74, 6) is 0. The van der Waals surface area contributed by atoms with E-state index in [0.717, 1.165) is 5.56 Å². The third-order valence-corrected chi connectivity index (χ3v) is 4.36. The molecule has 0 aliphatic rings. The van der Waals surface area contributed by atoms with E-state index in [1.165, 1.54) is 18.5 Å². The summed E-state index contributed by atoms with van der Waals surface area (Å²) >= 11 is 5.85. The molecule has 5 nitrogen and oxygen atoms in total. The maximum absolute atomic E-state index is 12.1. The summed E-state index contributed by atoms with van der Waals surface area (Å²) in [5, 5.41) is 8.68. The fraction of sp³-hybridized carbons (Fsp3) is 0.0769. The van der Waals surface area contributed by atoms with Crippen molar-refractivity contribution in [2.75, 3.05) is 4.72 Å². The number of benzene rings is 1. The molecule has 1 heterocycles. The molecule has 2 aromatic rings. The van der Waals surface area contributed by atoms with Gasteiger partial charge in [-0.1, -0.05) is 23.7 Å². The molecule has 0 spiro atoms. The van der Waals surface area contributed by atoms with Crippen LogP contribution in [0.25, 0.3) is 0 Å². The van der Waals surface area contributed by atoms with Gasteiger partial charge in [0.05, 0.1) is 17.5 Å². The van der Waals surface area contributed by atoms with Crippen molar-refractivity contribution in [1.82, 2.24) is 4.98 Å². The van der Waals surface area contributed by atoms with Crippen molar-refractivity contribution in [3.8, 4) is 6.07 Å². The molecular weight excluding hydrogens is 298 g/mol. The van der Waals surface area contributed by atoms with Crippen LogP contribution in [0.5, 0.6) is 0 Å². The maximum Gasteiger partial charge on any atom is 0.264 e. The molecule has 0 atom stereocenters. The van der Waals surface area contributed by atoms with Crippen LogP contribution in [0.2, 0.25) is 5.02 Å². The molecule has 1 aromatic heterocycles. The van der Waals surface area contributed by atoms with E-state index < -0.39 is 10.0 Å². The fourth-order valence-electron chi connectivity index (χ4n) is 1.55. The third-order valence-electron chi connectivity index (χ3n) is 2.51. The van der Waals surface area contributed by atoms with Gasteiger partial charge < -0.3 is 0 Å². The Bertz CT molecular complexity index is 752. The van der Waals surface area contributed by atoms with Crippen molar-refractivity contribution < 1.29 is 8.42 Å². The van der Waals surface area contributed by atoms with Gasteiger partial charge in [0.2, 0.25) is 0 Å². The molecule has 102 valence electrons. The summed E-state index contributed by atoms with van der Waals surface area (Å²) in [6.07, 6.45) is 2.88. The number of nitriles is 1. The molecule has 0 saturated carbocycles. The zero-order chi connectivity index (χ0) is 14.6. The number of rotatable bonds is 4. The van der Waals surface area contributed by atoms with Crippen LogP contribution in [0.3, 0.4) is 0 Å². The first-order valence-corrected chi connectivity index (χ1v) is 7.47. The Morgan fingerprint density at radius 1 is 1.25 bits per heavy atom. The lowest BCUT2D eigenvalue weighted by Crippen LogP contribution is -2.13. The summed E-state index contributed by atoms with van der Waals surface area (Å²) in [7, 11) is -3.78. The first kappa shape index (κ1) is 14.3. The van der Waals surface area contributed by atoms with E-state index in [9.17, 15) is 8.42 Å². The highest BCUT2D eigenvalue weighted by Crippen LogP contribution is 2.22. The average molecular weight is 308 g/mol. The Hall–Kier alpha value is -2.10. The Kier molecular flexibility index (Phi) is 4.23. The lowest BCUT2D eigenvalue weighted by atomic mass is 10.1. The second kappa shape index (κ2) is 5.90. The first-order valence-electron chi connectivity index (χ1n) is 5.61. The monoisotopic (exact) mass is 307 g/mol. The minimum atomic E-state index is -3.78. The topological polar surface area (TPSA) is 82.9 Å². The molecule has 0 bridgehead atoms. The van der Waals surface area contributed by atoms with Crippen LogP contribution in [-0.4, -0.2) is 13.4 Å². The minimum Gasteiger partial charge on any atom is -0.280 e. The zero-order valence-electron chi connectivity index (χ0n) is 10.2. The van der Waals surface area contributed by atoms with Crippen LogP contribution in [0.15, 0.2) is 47.6 Å². The van der Waals surface area contributed by atoms with Gasteiger partial charge in [-0.05, 0) is 23.8 Å². The van der Waals surface area contributed by atoms with E-state index in [1.54, 1.807) is 24.3 Å². The first-order chi connectivity index (χ1) is 9.53. The van der Waals surface area contributed by atoms with Gasteiger partial charge in [0.15, 0.2) is 0 Å². The van der Waals surface area contributed by atoms with Gasteiger partial charge in [0, 0.05) is 18.1 Å². The summed E-state index contributed by atoms with van der Waals surface area (Å²) in [6, 6.07) is 9.99. The van der Waals surface area contributed by atoms with Crippen molar-refractivity contribution in [3.63, 3.8) is 0 Å². The molecule has 1 N–H and O–H groups in total. The Morgan fingerprint density at radius 2 is 1.95 bits per heavy atom. The Labute approximate surface area is 121 Å². The quantitative estimate of drug-likeness (QED) is 0.941. The van der Waals surface area contributed by atoms with E-state index in [0.29, 0.717) is 5.69 Å². The highest BCUT2D eigenvalue weighted by atomic mass is 35.5. The van der Waals surface area contributed by atoms with Gasteiger partial charge in [0.25, 0.3) is 10.0 Å². The third kappa shape index (κ3) is 3.26. The lowest BCUT2D eigenvalue weighted by molar-refractivity contribution is 0.601. The molecule has 0 unspecified atom stereocenters. The zero-order valence-corrected chi connectivity index (χ0v) is 11.8. The number of hydrogen-bond acceptors (Lipinski definition) is 4. The minimum absolute atomic E-state index is 0.0808. The van der Waals surface area contributed by atoms with Gasteiger partial charge in [-0.2, -0.15) is 5.26 Å². The normalized spacial score (nSPS) is 10.8. The van der Waals surface area contributed by atoms with Gasteiger partial charge in [-0.3, -0.25) is 9.71 Å². The number of hydrogen-bond donors (Lipinski definition) is 1. The highest BCUT2D eigenvalue weighted by Gasteiger charge is 2.17. The molecule has 0 amide bonds. The van der Waals surface area contributed by atoms with Crippen LogP contribution in [-0.2, 0) is 16.4 Å². The Morgan fingerprint density at radius 3 is 2.55 bits per heavy atom. The van der Waals surface area contributed by atoms with Gasteiger partial charge in [-0.15, -0.1) is 0 Å². The number of nitrogens with zero attached hydrogens (tertiary/aromatic N) is 2. The number of aromatic nitrogens is 1. The molecule has 20 heavy (non-hydrogen) atoms. The van der Waals surface area contributed by atoms with Crippen molar-refractivity contribution in [3.05, 3.63) is 53.3 Å². The molecule has 0 aliphatic carbocycles. The molecule has 2 rings (SSSR count). The summed E-state index contributed by atoms with van der Waals surface area (Å²) in [6.45, 7) is 0. The Balaban J connectivity index is 2.25. The molecular formula is C13H10ClN3O2S. The number of halogens is 1. The number of nitrogens with one attached hydrogen (secondary N) is 1. The van der Waals surface area contributed by atoms with Crippen molar-refractivity contribution >= 4 is 27.3 Å². The van der Waals surface area contributed by atoms with Crippen molar-refractivity contribution in [2.45, 2.75) is 11.3 Å². The number of anilines is 1. The molecule has 7 heteroatoms. The van der Waals surface area contributed by atoms with Gasteiger partial charge in [-0.25, -0.2) is 8.42 Å². The molecule has 0 radical (unpaired) electrons. The second-order valence-electron chi connectivity index (χ2n) is 3.94. The summed E-state index contributed by atoms with van der Waals surface area (Å²) in [4.78, 5) is 3.67. The van der Waals surface area contributed by atoms with E-state index in [4.69, 9.17) is 16.9 Å².